The van der Waals surface area contributed by atoms with E-state index in [1.165, 1.54) is 17.0 Å². The van der Waals surface area contributed by atoms with Crippen molar-refractivity contribution < 1.29 is 23.5 Å². The summed E-state index contributed by atoms with van der Waals surface area (Å²) in [4.78, 5) is 35.2. The van der Waals surface area contributed by atoms with Crippen LogP contribution in [-0.2, 0) is 9.53 Å². The smallest absolute Gasteiger partial charge is 0.407 e. The first-order chi connectivity index (χ1) is 18.6. The number of aromatic nitrogens is 4. The van der Waals surface area contributed by atoms with Crippen LogP contribution in [0.25, 0.3) is 16.9 Å². The van der Waals surface area contributed by atoms with Crippen molar-refractivity contribution >= 4 is 23.5 Å². The molecule has 2 amide bonds. The zero-order valence-corrected chi connectivity index (χ0v) is 22.1. The summed E-state index contributed by atoms with van der Waals surface area (Å²) in [6.45, 7) is 7.47. The molecule has 1 fully saturated rings. The first kappa shape index (κ1) is 26.1. The highest BCUT2D eigenvalue weighted by Crippen LogP contribution is 2.26. The Hall–Kier alpha value is -4.54. The summed E-state index contributed by atoms with van der Waals surface area (Å²) in [7, 11) is 0. The highest BCUT2D eigenvalue weighted by Gasteiger charge is 2.33. The molecular weight excluding hydrogens is 503 g/mol. The van der Waals surface area contributed by atoms with E-state index in [-0.39, 0.29) is 24.2 Å². The number of carbonyl (C=O) groups is 2. The predicted octanol–water partition coefficient (Wildman–Crippen LogP) is 4.70. The molecule has 39 heavy (non-hydrogen) atoms. The second kappa shape index (κ2) is 10.3. The van der Waals surface area contributed by atoms with Gasteiger partial charge in [-0.25, -0.2) is 23.7 Å². The van der Waals surface area contributed by atoms with Gasteiger partial charge in [0.2, 0.25) is 11.8 Å². The van der Waals surface area contributed by atoms with Crippen molar-refractivity contribution in [2.24, 2.45) is 0 Å². The van der Waals surface area contributed by atoms with Gasteiger partial charge in [0.05, 0.1) is 17.9 Å². The maximum Gasteiger partial charge on any atom is 0.407 e. The van der Waals surface area contributed by atoms with Gasteiger partial charge in [-0.15, -0.1) is 5.10 Å². The number of amides is 2. The number of hydrogen-bond acceptors (Lipinski definition) is 7. The minimum atomic E-state index is -0.622. The molecule has 4 aromatic rings. The summed E-state index contributed by atoms with van der Waals surface area (Å²) in [5.74, 6) is 0.368. The fourth-order valence-corrected chi connectivity index (χ4v) is 4.32. The number of anilines is 1. The Morgan fingerprint density at radius 2 is 1.95 bits per heavy atom. The van der Waals surface area contributed by atoms with Crippen LogP contribution in [-0.4, -0.2) is 49.8 Å². The maximum atomic E-state index is 13.6. The summed E-state index contributed by atoms with van der Waals surface area (Å²) in [5, 5.41) is 7.32. The van der Waals surface area contributed by atoms with Crippen LogP contribution in [0.5, 0.6) is 5.88 Å². The molecule has 0 radical (unpaired) electrons. The van der Waals surface area contributed by atoms with Crippen molar-refractivity contribution in [3.8, 4) is 17.1 Å². The number of carbonyl (C=O) groups excluding carboxylic acids is 2. The molecule has 1 saturated heterocycles. The molecule has 4 heterocycles. The number of ether oxygens (including phenoxy) is 2. The zero-order valence-electron chi connectivity index (χ0n) is 22.1. The van der Waals surface area contributed by atoms with Crippen LogP contribution < -0.4 is 15.0 Å². The highest BCUT2D eigenvalue weighted by atomic mass is 19.1. The third-order valence-electron chi connectivity index (χ3n) is 6.12. The van der Waals surface area contributed by atoms with Crippen LogP contribution in [0.1, 0.15) is 45.8 Å². The van der Waals surface area contributed by atoms with Gasteiger partial charge in [-0.2, -0.15) is 0 Å². The van der Waals surface area contributed by atoms with Crippen molar-refractivity contribution in [2.75, 3.05) is 11.4 Å². The number of hydrogen-bond donors (Lipinski definition) is 1. The van der Waals surface area contributed by atoms with Crippen LogP contribution in [0, 0.1) is 5.82 Å². The summed E-state index contributed by atoms with van der Waals surface area (Å²) < 4.78 is 26.5. The van der Waals surface area contributed by atoms with E-state index < -0.39 is 17.8 Å². The fraction of sp³-hybridized carbons (Fsp3) is 0.321. The molecular formula is C28H29FN6O4. The number of nitrogens with one attached hydrogen (secondary N) is 1. The minimum Gasteiger partial charge on any atom is -0.469 e. The molecule has 5 rings (SSSR count). The number of pyridine rings is 1. The van der Waals surface area contributed by atoms with Gasteiger partial charge in [0.15, 0.2) is 5.65 Å². The van der Waals surface area contributed by atoms with Crippen LogP contribution in [0.4, 0.5) is 15.0 Å². The quantitative estimate of drug-likeness (QED) is 0.383. The lowest BCUT2D eigenvalue weighted by Crippen LogP contribution is -2.40. The number of imidazole rings is 1. The van der Waals surface area contributed by atoms with Crippen molar-refractivity contribution in [2.45, 2.75) is 51.9 Å². The van der Waals surface area contributed by atoms with Gasteiger partial charge < -0.3 is 14.8 Å². The number of benzene rings is 1. The Morgan fingerprint density at radius 1 is 1.13 bits per heavy atom. The van der Waals surface area contributed by atoms with Gasteiger partial charge in [-0.05, 0) is 63.6 Å². The Balaban J connectivity index is 1.30. The van der Waals surface area contributed by atoms with Gasteiger partial charge in [0, 0.05) is 30.8 Å². The van der Waals surface area contributed by atoms with Crippen LogP contribution >= 0.6 is 0 Å². The van der Waals surface area contributed by atoms with Crippen molar-refractivity contribution in [1.29, 1.82) is 0 Å². The van der Waals surface area contributed by atoms with E-state index in [9.17, 15) is 14.0 Å². The SMILES string of the molecule is C[C@@H](Oc1ccc2ncc(-c3ccc(N4C[C@@H](NC(=O)OC(C)(C)C)CC4=O)nc3)n2n1)c1cccc(F)c1. The third kappa shape index (κ3) is 5.97. The maximum absolute atomic E-state index is 13.6. The highest BCUT2D eigenvalue weighted by molar-refractivity contribution is 5.96. The normalized spacial score (nSPS) is 16.4. The van der Waals surface area contributed by atoms with Gasteiger partial charge in [0.25, 0.3) is 0 Å². The number of alkyl carbamates (subject to hydrolysis) is 1. The second-order valence-electron chi connectivity index (χ2n) is 10.4. The van der Waals surface area contributed by atoms with Crippen molar-refractivity contribution in [3.63, 3.8) is 0 Å². The molecule has 0 spiro atoms. The van der Waals surface area contributed by atoms with E-state index in [1.807, 2.05) is 13.0 Å². The number of nitrogens with zero attached hydrogens (tertiary/aromatic N) is 5. The first-order valence-corrected chi connectivity index (χ1v) is 12.6. The molecule has 0 bridgehead atoms. The van der Waals surface area contributed by atoms with E-state index in [4.69, 9.17) is 9.47 Å². The molecule has 1 aliphatic heterocycles. The first-order valence-electron chi connectivity index (χ1n) is 12.6. The molecule has 10 nitrogen and oxygen atoms in total. The number of halogens is 1. The Kier molecular flexibility index (Phi) is 6.90. The van der Waals surface area contributed by atoms with E-state index in [0.717, 1.165) is 5.56 Å². The molecule has 202 valence electrons. The van der Waals surface area contributed by atoms with Crippen LogP contribution in [0.15, 0.2) is 60.9 Å². The van der Waals surface area contributed by atoms with Crippen LogP contribution in [0.2, 0.25) is 0 Å². The molecule has 3 aromatic heterocycles. The second-order valence-corrected chi connectivity index (χ2v) is 10.4. The Morgan fingerprint density at radius 3 is 2.67 bits per heavy atom. The zero-order chi connectivity index (χ0) is 27.7. The standard InChI is InChI=1S/C28H29FN6O4/c1-17(18-6-5-7-20(29)12-18)38-25-11-10-24-31-15-22(35(24)33-25)19-8-9-23(30-14-19)34-16-21(13-26(34)36)32-27(37)39-28(2,3)4/h5-12,14-15,17,21H,13,16H2,1-4H3,(H,32,37)/t17-,21+/m1/s1. The van der Waals surface area contributed by atoms with E-state index in [0.29, 0.717) is 35.1 Å². The lowest BCUT2D eigenvalue weighted by atomic mass is 10.1. The topological polar surface area (TPSA) is 111 Å². The van der Waals surface area contributed by atoms with Gasteiger partial charge in [-0.1, -0.05) is 12.1 Å². The lowest BCUT2D eigenvalue weighted by Gasteiger charge is -2.21. The Labute approximate surface area is 224 Å². The lowest BCUT2D eigenvalue weighted by molar-refractivity contribution is -0.117. The van der Waals surface area contributed by atoms with E-state index in [1.54, 1.807) is 68.0 Å². The molecule has 2 atom stereocenters. The largest absolute Gasteiger partial charge is 0.469 e. The molecule has 1 aromatic carbocycles. The van der Waals surface area contributed by atoms with E-state index in [2.05, 4.69) is 20.4 Å². The average Bonchev–Trinajstić information content (AvgIpc) is 3.45. The summed E-state index contributed by atoms with van der Waals surface area (Å²) >= 11 is 0. The third-order valence-corrected chi connectivity index (χ3v) is 6.12. The minimum absolute atomic E-state index is 0.137. The summed E-state index contributed by atoms with van der Waals surface area (Å²) in [6.07, 6.45) is 2.52. The van der Waals surface area contributed by atoms with Gasteiger partial charge in [-0.3, -0.25) is 9.69 Å². The van der Waals surface area contributed by atoms with Crippen molar-refractivity contribution in [1.82, 2.24) is 24.9 Å². The summed E-state index contributed by atoms with van der Waals surface area (Å²) in [5.41, 5.74) is 2.12. The molecule has 11 heteroatoms. The average molecular weight is 533 g/mol. The molecule has 1 aliphatic rings. The van der Waals surface area contributed by atoms with Crippen LogP contribution in [0.3, 0.4) is 0 Å². The number of fused-ring (bicyclic) bond motifs is 1. The fourth-order valence-electron chi connectivity index (χ4n) is 4.32. The Bertz CT molecular complexity index is 1510. The molecule has 0 saturated carbocycles. The molecule has 0 aliphatic carbocycles. The molecule has 0 unspecified atom stereocenters. The van der Waals surface area contributed by atoms with E-state index >= 15 is 0 Å². The number of rotatable bonds is 6. The summed E-state index contributed by atoms with van der Waals surface area (Å²) in [6, 6.07) is 13.0. The monoisotopic (exact) mass is 532 g/mol. The molecule has 1 N–H and O–H groups in total. The van der Waals surface area contributed by atoms with Gasteiger partial charge in [0.1, 0.15) is 23.3 Å². The predicted molar refractivity (Wildman–Crippen MR) is 142 cm³/mol. The van der Waals surface area contributed by atoms with Crippen molar-refractivity contribution in [3.05, 3.63) is 72.3 Å². The van der Waals surface area contributed by atoms with Gasteiger partial charge >= 0.3 is 6.09 Å².